The van der Waals surface area contributed by atoms with Crippen LogP contribution in [0.25, 0.3) is 0 Å². The van der Waals surface area contributed by atoms with Gasteiger partial charge in [0, 0.05) is 11.3 Å². The molecule has 1 N–H and O–H groups in total. The van der Waals surface area contributed by atoms with Crippen molar-refractivity contribution in [1.82, 2.24) is 5.32 Å². The average Bonchev–Trinajstić information content (AvgIpc) is 3.00. The summed E-state index contributed by atoms with van der Waals surface area (Å²) in [5, 5.41) is 5.65. The zero-order valence-electron chi connectivity index (χ0n) is 10.4. The lowest BCUT2D eigenvalue weighted by Crippen LogP contribution is -2.21. The highest BCUT2D eigenvalue weighted by molar-refractivity contribution is 7.10. The molecule has 0 bridgehead atoms. The Morgan fingerprint density at radius 1 is 1.29 bits per heavy atom. The van der Waals surface area contributed by atoms with Gasteiger partial charge in [0.1, 0.15) is 17.6 Å². The molecular formula is C14H19NOS. The van der Waals surface area contributed by atoms with Crippen LogP contribution in [-0.4, -0.2) is 6.54 Å². The van der Waals surface area contributed by atoms with Crippen LogP contribution in [0.1, 0.15) is 42.7 Å². The Kier molecular flexibility index (Phi) is 4.40. The van der Waals surface area contributed by atoms with E-state index in [1.807, 2.05) is 0 Å². The summed E-state index contributed by atoms with van der Waals surface area (Å²) in [5.74, 6) is 2.08. The van der Waals surface area contributed by atoms with Crippen molar-refractivity contribution >= 4 is 11.3 Å². The standard InChI is InChI=1S/C14H19NOS/c1-3-9-15-14(13-6-5-10-17-13)12-8-7-11(4-2)16-12/h5-8,10,14-15H,3-4,9H2,1-2H3. The van der Waals surface area contributed by atoms with Crippen LogP contribution in [0.5, 0.6) is 0 Å². The topological polar surface area (TPSA) is 25.2 Å². The van der Waals surface area contributed by atoms with Crippen LogP contribution in [0.4, 0.5) is 0 Å². The number of nitrogens with one attached hydrogen (secondary N) is 1. The fraction of sp³-hybridized carbons (Fsp3) is 0.429. The van der Waals surface area contributed by atoms with Crippen molar-refractivity contribution < 1.29 is 4.42 Å². The quantitative estimate of drug-likeness (QED) is 0.837. The SMILES string of the molecule is CCCNC(c1ccc(CC)o1)c1cccs1. The molecule has 0 spiro atoms. The summed E-state index contributed by atoms with van der Waals surface area (Å²) >= 11 is 1.77. The summed E-state index contributed by atoms with van der Waals surface area (Å²) in [4.78, 5) is 1.32. The van der Waals surface area contributed by atoms with Crippen molar-refractivity contribution in [3.63, 3.8) is 0 Å². The monoisotopic (exact) mass is 249 g/mol. The summed E-state index contributed by atoms with van der Waals surface area (Å²) in [5.41, 5.74) is 0. The van der Waals surface area contributed by atoms with Crippen LogP contribution in [-0.2, 0) is 6.42 Å². The van der Waals surface area contributed by atoms with Gasteiger partial charge in [-0.15, -0.1) is 11.3 Å². The average molecular weight is 249 g/mol. The maximum absolute atomic E-state index is 5.86. The van der Waals surface area contributed by atoms with Crippen molar-refractivity contribution in [2.45, 2.75) is 32.7 Å². The third kappa shape index (κ3) is 2.99. The molecular weight excluding hydrogens is 230 g/mol. The fourth-order valence-corrected chi connectivity index (χ4v) is 2.63. The Bertz CT molecular complexity index is 433. The molecule has 0 aromatic carbocycles. The van der Waals surface area contributed by atoms with Crippen molar-refractivity contribution in [3.8, 4) is 0 Å². The van der Waals surface area contributed by atoms with E-state index in [0.29, 0.717) is 0 Å². The Hall–Kier alpha value is -1.06. The normalized spacial score (nSPS) is 12.8. The maximum atomic E-state index is 5.86. The minimum absolute atomic E-state index is 0.204. The van der Waals surface area contributed by atoms with Crippen LogP contribution >= 0.6 is 11.3 Å². The minimum Gasteiger partial charge on any atom is -0.464 e. The number of aryl methyl sites for hydroxylation is 1. The first-order chi connectivity index (χ1) is 8.35. The highest BCUT2D eigenvalue weighted by Gasteiger charge is 2.17. The van der Waals surface area contributed by atoms with Gasteiger partial charge in [0.25, 0.3) is 0 Å². The van der Waals surface area contributed by atoms with Crippen LogP contribution in [0.3, 0.4) is 0 Å². The van der Waals surface area contributed by atoms with Crippen molar-refractivity contribution in [2.24, 2.45) is 0 Å². The highest BCUT2D eigenvalue weighted by Crippen LogP contribution is 2.27. The Morgan fingerprint density at radius 2 is 2.18 bits per heavy atom. The van der Waals surface area contributed by atoms with E-state index in [1.165, 1.54) is 4.88 Å². The Morgan fingerprint density at radius 3 is 2.76 bits per heavy atom. The predicted molar refractivity (Wildman–Crippen MR) is 72.5 cm³/mol. The molecule has 2 aromatic rings. The second-order valence-corrected chi connectivity index (χ2v) is 5.04. The van der Waals surface area contributed by atoms with E-state index in [1.54, 1.807) is 11.3 Å². The molecule has 2 heterocycles. The van der Waals surface area contributed by atoms with E-state index >= 15 is 0 Å². The van der Waals surface area contributed by atoms with Gasteiger partial charge in [0.2, 0.25) is 0 Å². The van der Waals surface area contributed by atoms with E-state index in [-0.39, 0.29) is 6.04 Å². The molecule has 92 valence electrons. The van der Waals surface area contributed by atoms with Gasteiger partial charge in [-0.1, -0.05) is 19.9 Å². The molecule has 3 heteroatoms. The van der Waals surface area contributed by atoms with E-state index in [4.69, 9.17) is 4.42 Å². The van der Waals surface area contributed by atoms with Crippen LogP contribution < -0.4 is 5.32 Å². The molecule has 0 saturated carbocycles. The number of thiophene rings is 1. The molecule has 2 nitrogen and oxygen atoms in total. The highest BCUT2D eigenvalue weighted by atomic mass is 32.1. The van der Waals surface area contributed by atoms with Crippen molar-refractivity contribution in [3.05, 3.63) is 46.0 Å². The molecule has 2 aromatic heterocycles. The van der Waals surface area contributed by atoms with Crippen LogP contribution in [0.15, 0.2) is 34.1 Å². The Balaban J connectivity index is 2.20. The first-order valence-corrected chi connectivity index (χ1v) is 7.08. The lowest BCUT2D eigenvalue weighted by atomic mass is 10.2. The largest absolute Gasteiger partial charge is 0.464 e. The number of hydrogen-bond donors (Lipinski definition) is 1. The molecule has 2 rings (SSSR count). The number of hydrogen-bond acceptors (Lipinski definition) is 3. The van der Waals surface area contributed by atoms with Gasteiger partial charge in [0.05, 0.1) is 0 Å². The summed E-state index contributed by atoms with van der Waals surface area (Å²) in [6, 6.07) is 8.61. The third-order valence-electron chi connectivity index (χ3n) is 2.74. The maximum Gasteiger partial charge on any atom is 0.126 e. The molecule has 0 aliphatic heterocycles. The van der Waals surface area contributed by atoms with Crippen LogP contribution in [0, 0.1) is 0 Å². The van der Waals surface area contributed by atoms with E-state index in [2.05, 4.69) is 48.8 Å². The molecule has 1 atom stereocenters. The van der Waals surface area contributed by atoms with Gasteiger partial charge in [-0.2, -0.15) is 0 Å². The van der Waals surface area contributed by atoms with Gasteiger partial charge >= 0.3 is 0 Å². The van der Waals surface area contributed by atoms with E-state index in [9.17, 15) is 0 Å². The van der Waals surface area contributed by atoms with Gasteiger partial charge in [-0.3, -0.25) is 0 Å². The van der Waals surface area contributed by atoms with Gasteiger partial charge < -0.3 is 9.73 Å². The molecule has 0 amide bonds. The zero-order chi connectivity index (χ0) is 12.1. The summed E-state index contributed by atoms with van der Waals surface area (Å²) in [7, 11) is 0. The predicted octanol–water partition coefficient (Wildman–Crippen LogP) is 3.99. The molecule has 0 saturated heterocycles. The first-order valence-electron chi connectivity index (χ1n) is 6.20. The lowest BCUT2D eigenvalue weighted by Gasteiger charge is -2.14. The van der Waals surface area contributed by atoms with E-state index < -0.39 is 0 Å². The lowest BCUT2D eigenvalue weighted by molar-refractivity contribution is 0.424. The molecule has 17 heavy (non-hydrogen) atoms. The summed E-state index contributed by atoms with van der Waals surface area (Å²) in [6.45, 7) is 5.30. The van der Waals surface area contributed by atoms with Crippen molar-refractivity contribution in [2.75, 3.05) is 6.54 Å². The molecule has 0 fully saturated rings. The second-order valence-electron chi connectivity index (χ2n) is 4.06. The zero-order valence-corrected chi connectivity index (χ0v) is 11.2. The molecule has 1 unspecified atom stereocenters. The van der Waals surface area contributed by atoms with E-state index in [0.717, 1.165) is 30.9 Å². The third-order valence-corrected chi connectivity index (χ3v) is 3.68. The van der Waals surface area contributed by atoms with Crippen molar-refractivity contribution in [1.29, 1.82) is 0 Å². The first kappa shape index (κ1) is 12.4. The number of rotatable bonds is 6. The van der Waals surface area contributed by atoms with Crippen LogP contribution in [0.2, 0.25) is 0 Å². The molecule has 0 aliphatic rings. The molecule has 0 aliphatic carbocycles. The summed E-state index contributed by atoms with van der Waals surface area (Å²) < 4.78 is 5.86. The molecule has 0 radical (unpaired) electrons. The van der Waals surface area contributed by atoms with Gasteiger partial charge in [0.15, 0.2) is 0 Å². The number of furan rings is 1. The van der Waals surface area contributed by atoms with Gasteiger partial charge in [-0.25, -0.2) is 0 Å². The summed E-state index contributed by atoms with van der Waals surface area (Å²) in [6.07, 6.45) is 2.08. The van der Waals surface area contributed by atoms with Gasteiger partial charge in [-0.05, 0) is 36.5 Å². The Labute approximate surface area is 107 Å². The fourth-order valence-electron chi connectivity index (χ4n) is 1.83. The second kappa shape index (κ2) is 6.03. The smallest absolute Gasteiger partial charge is 0.126 e. The minimum atomic E-state index is 0.204.